The number of hydrogen-bond acceptors (Lipinski definition) is 3. The molecule has 1 aromatic rings. The summed E-state index contributed by atoms with van der Waals surface area (Å²) >= 11 is 0. The Balaban J connectivity index is 0.00000512. The average Bonchev–Trinajstić information content (AvgIpc) is 2.72. The monoisotopic (exact) mass is 569 g/mol. The molecule has 1 saturated heterocycles. The minimum absolute atomic E-state index is 0. The molecule has 1 fully saturated rings. The first-order valence-electron chi connectivity index (χ1n) is 10.8. The van der Waals surface area contributed by atoms with Crippen LogP contribution in [-0.4, -0.2) is 74.2 Å². The third-order valence-corrected chi connectivity index (χ3v) is 5.23. The van der Waals surface area contributed by atoms with Crippen LogP contribution in [0.3, 0.4) is 0 Å². The number of hydrogen-bond donors (Lipinski definition) is 2. The number of carbonyl (C=O) groups is 1. The molecule has 6 nitrogen and oxygen atoms in total. The fourth-order valence-corrected chi connectivity index (χ4v) is 3.37. The Bertz CT molecular complexity index is 693. The van der Waals surface area contributed by atoms with Crippen LogP contribution in [0.5, 0.6) is 0 Å². The first-order chi connectivity index (χ1) is 14.7. The van der Waals surface area contributed by atoms with Crippen molar-refractivity contribution in [2.45, 2.75) is 50.9 Å². The zero-order chi connectivity index (χ0) is 22.7. The highest BCUT2D eigenvalue weighted by molar-refractivity contribution is 14.0. The summed E-state index contributed by atoms with van der Waals surface area (Å²) in [6, 6.07) is 10.6. The number of unbranched alkanes of at least 4 members (excludes halogenated alkanes) is 1. The number of guanidine groups is 1. The third-order valence-electron chi connectivity index (χ3n) is 5.23. The Labute approximate surface area is 206 Å². The molecule has 1 aromatic carbocycles. The van der Waals surface area contributed by atoms with E-state index in [4.69, 9.17) is 0 Å². The van der Waals surface area contributed by atoms with E-state index >= 15 is 0 Å². The Kier molecular flexibility index (Phi) is 13.0. The van der Waals surface area contributed by atoms with E-state index in [1.54, 1.807) is 14.1 Å². The Morgan fingerprint density at radius 1 is 1.16 bits per heavy atom. The molecule has 0 aliphatic carbocycles. The molecule has 10 heteroatoms. The molecule has 1 aliphatic heterocycles. The number of amides is 1. The summed E-state index contributed by atoms with van der Waals surface area (Å²) in [5, 5.41) is 6.45. The number of piperidine rings is 1. The van der Waals surface area contributed by atoms with Crippen LogP contribution in [0.1, 0.15) is 37.7 Å². The van der Waals surface area contributed by atoms with Crippen molar-refractivity contribution in [1.82, 2.24) is 20.4 Å². The number of alkyl halides is 3. The largest absolute Gasteiger partial charge is 0.389 e. The number of benzene rings is 1. The number of nitrogens with one attached hydrogen (secondary N) is 2. The molecule has 0 radical (unpaired) electrons. The van der Waals surface area contributed by atoms with Crippen LogP contribution in [0.25, 0.3) is 0 Å². The van der Waals surface area contributed by atoms with Gasteiger partial charge in [0.15, 0.2) is 5.96 Å². The zero-order valence-electron chi connectivity index (χ0n) is 18.8. The third kappa shape index (κ3) is 11.9. The maximum absolute atomic E-state index is 12.3. The fourth-order valence-electron chi connectivity index (χ4n) is 3.37. The lowest BCUT2D eigenvalue weighted by atomic mass is 10.0. The number of nitrogens with zero attached hydrogens (tertiary/aromatic N) is 3. The van der Waals surface area contributed by atoms with Crippen LogP contribution in [0, 0.1) is 0 Å². The number of likely N-dealkylation sites (N-methyl/N-ethyl adjacent to an activating group) is 1. The highest BCUT2D eigenvalue weighted by Crippen LogP contribution is 2.21. The lowest BCUT2D eigenvalue weighted by molar-refractivity contribution is -0.135. The van der Waals surface area contributed by atoms with Gasteiger partial charge in [-0.1, -0.05) is 30.3 Å². The molecule has 0 aromatic heterocycles. The molecule has 32 heavy (non-hydrogen) atoms. The van der Waals surface area contributed by atoms with Crippen molar-refractivity contribution in [1.29, 1.82) is 0 Å². The van der Waals surface area contributed by atoms with Gasteiger partial charge in [-0.15, -0.1) is 24.0 Å². The van der Waals surface area contributed by atoms with Crippen LogP contribution in [0.15, 0.2) is 35.3 Å². The number of likely N-dealkylation sites (tertiary alicyclic amines) is 1. The highest BCUT2D eigenvalue weighted by Gasteiger charge is 2.26. The average molecular weight is 569 g/mol. The molecule has 1 aliphatic rings. The molecular formula is C22H35F3IN5O. The van der Waals surface area contributed by atoms with Gasteiger partial charge in [-0.3, -0.25) is 9.69 Å². The molecule has 1 amide bonds. The van der Waals surface area contributed by atoms with Crippen molar-refractivity contribution in [3.63, 3.8) is 0 Å². The summed E-state index contributed by atoms with van der Waals surface area (Å²) in [6.45, 7) is 3.19. The molecule has 0 atom stereocenters. The van der Waals surface area contributed by atoms with Crippen molar-refractivity contribution in [2.24, 2.45) is 4.99 Å². The minimum atomic E-state index is -4.12. The van der Waals surface area contributed by atoms with E-state index in [2.05, 4.69) is 32.7 Å². The van der Waals surface area contributed by atoms with Crippen LogP contribution >= 0.6 is 24.0 Å². The molecular weight excluding hydrogens is 534 g/mol. The number of rotatable bonds is 9. The minimum Gasteiger partial charge on any atom is -0.356 e. The predicted octanol–water partition coefficient (Wildman–Crippen LogP) is 3.63. The summed E-state index contributed by atoms with van der Waals surface area (Å²) in [6.07, 6.45) is -2.59. The van der Waals surface area contributed by atoms with Crippen molar-refractivity contribution >= 4 is 35.8 Å². The normalized spacial score (nSPS) is 15.7. The molecule has 0 unspecified atom stereocenters. The van der Waals surface area contributed by atoms with Gasteiger partial charge in [0, 0.05) is 52.7 Å². The van der Waals surface area contributed by atoms with Gasteiger partial charge in [0.2, 0.25) is 5.91 Å². The molecule has 182 valence electrons. The second-order valence-electron chi connectivity index (χ2n) is 8.13. The summed E-state index contributed by atoms with van der Waals surface area (Å²) in [5.41, 5.74) is 1.29. The van der Waals surface area contributed by atoms with E-state index in [0.29, 0.717) is 18.9 Å². The van der Waals surface area contributed by atoms with Gasteiger partial charge < -0.3 is 15.5 Å². The number of halogens is 4. The van der Waals surface area contributed by atoms with Gasteiger partial charge in [-0.05, 0) is 31.2 Å². The van der Waals surface area contributed by atoms with E-state index in [9.17, 15) is 18.0 Å². The van der Waals surface area contributed by atoms with Crippen molar-refractivity contribution < 1.29 is 18.0 Å². The molecule has 0 bridgehead atoms. The predicted molar refractivity (Wildman–Crippen MR) is 132 cm³/mol. The van der Waals surface area contributed by atoms with E-state index in [1.807, 2.05) is 18.2 Å². The van der Waals surface area contributed by atoms with Gasteiger partial charge in [-0.25, -0.2) is 4.99 Å². The molecule has 1 heterocycles. The van der Waals surface area contributed by atoms with Crippen LogP contribution in [0.2, 0.25) is 0 Å². The van der Waals surface area contributed by atoms with Crippen molar-refractivity contribution in [3.8, 4) is 0 Å². The smallest absolute Gasteiger partial charge is 0.356 e. The van der Waals surface area contributed by atoms with Gasteiger partial charge in [0.1, 0.15) is 6.54 Å². The summed E-state index contributed by atoms with van der Waals surface area (Å²) in [7, 11) is 3.33. The fraction of sp³-hybridized carbons (Fsp3) is 0.636. The number of aliphatic imine (C=N–C) groups is 1. The van der Waals surface area contributed by atoms with E-state index in [-0.39, 0.29) is 48.9 Å². The quantitative estimate of drug-likeness (QED) is 0.207. The lowest BCUT2D eigenvalue weighted by Crippen LogP contribution is -2.49. The Morgan fingerprint density at radius 3 is 2.41 bits per heavy atom. The summed E-state index contributed by atoms with van der Waals surface area (Å²) in [4.78, 5) is 20.1. The SMILES string of the molecule is CN(C)C(=O)CN=C(NCCCCC(F)(F)F)NC1CCN(Cc2ccccc2)CC1.I. The lowest BCUT2D eigenvalue weighted by Gasteiger charge is -2.33. The number of carbonyl (C=O) groups excluding carboxylic acids is 1. The zero-order valence-corrected chi connectivity index (χ0v) is 21.2. The Hall–Kier alpha value is -1.56. The van der Waals surface area contributed by atoms with E-state index < -0.39 is 12.6 Å². The van der Waals surface area contributed by atoms with Crippen molar-refractivity contribution in [2.75, 3.05) is 40.3 Å². The summed E-state index contributed by atoms with van der Waals surface area (Å²) in [5.74, 6) is 0.361. The molecule has 0 spiro atoms. The second kappa shape index (κ2) is 14.6. The van der Waals surface area contributed by atoms with Gasteiger partial charge in [0.25, 0.3) is 0 Å². The maximum atomic E-state index is 12.3. The van der Waals surface area contributed by atoms with Crippen LogP contribution in [0.4, 0.5) is 13.2 Å². The second-order valence-corrected chi connectivity index (χ2v) is 8.13. The molecule has 2 rings (SSSR count). The van der Waals surface area contributed by atoms with E-state index in [1.165, 1.54) is 10.5 Å². The topological polar surface area (TPSA) is 60.0 Å². The first kappa shape index (κ1) is 28.5. The van der Waals surface area contributed by atoms with Gasteiger partial charge in [0.05, 0.1) is 0 Å². The highest BCUT2D eigenvalue weighted by atomic mass is 127. The maximum Gasteiger partial charge on any atom is 0.389 e. The summed E-state index contributed by atoms with van der Waals surface area (Å²) < 4.78 is 36.9. The van der Waals surface area contributed by atoms with Gasteiger partial charge >= 0.3 is 6.18 Å². The Morgan fingerprint density at radius 2 is 1.81 bits per heavy atom. The van der Waals surface area contributed by atoms with Gasteiger partial charge in [-0.2, -0.15) is 13.2 Å². The molecule has 2 N–H and O–H groups in total. The van der Waals surface area contributed by atoms with Crippen LogP contribution in [-0.2, 0) is 11.3 Å². The standard InChI is InChI=1S/C22H34F3N5O.HI/c1-29(2)20(31)16-27-21(26-13-7-6-12-22(23,24)25)28-19-10-14-30(15-11-19)17-18-8-4-3-5-9-18;/h3-5,8-9,19H,6-7,10-17H2,1-2H3,(H2,26,27,28);1H. The molecule has 0 saturated carbocycles. The van der Waals surface area contributed by atoms with E-state index in [0.717, 1.165) is 32.5 Å². The van der Waals surface area contributed by atoms with Crippen molar-refractivity contribution in [3.05, 3.63) is 35.9 Å². The first-order valence-corrected chi connectivity index (χ1v) is 10.8. The van der Waals surface area contributed by atoms with Crippen LogP contribution < -0.4 is 10.6 Å².